The summed E-state index contributed by atoms with van der Waals surface area (Å²) in [5.41, 5.74) is 0.997. The predicted molar refractivity (Wildman–Crippen MR) is 93.8 cm³/mol. The molecule has 2 aromatic rings. The highest BCUT2D eigenvalue weighted by Crippen LogP contribution is 2.18. The van der Waals surface area contributed by atoms with Crippen molar-refractivity contribution >= 4 is 11.8 Å². The fourth-order valence-corrected chi connectivity index (χ4v) is 3.29. The SMILES string of the molecule is Cc1cc(CN2CCN(c3nccc(N4CCOCC4)n3)CC2)no1. The molecule has 8 nitrogen and oxygen atoms in total. The van der Waals surface area contributed by atoms with Crippen LogP contribution in [0.1, 0.15) is 11.5 Å². The van der Waals surface area contributed by atoms with Crippen LogP contribution in [0.15, 0.2) is 22.9 Å². The summed E-state index contributed by atoms with van der Waals surface area (Å²) in [7, 11) is 0. The van der Waals surface area contributed by atoms with Crippen molar-refractivity contribution in [1.29, 1.82) is 0 Å². The van der Waals surface area contributed by atoms with Crippen molar-refractivity contribution in [3.63, 3.8) is 0 Å². The molecule has 0 aliphatic carbocycles. The topological polar surface area (TPSA) is 70.8 Å². The maximum absolute atomic E-state index is 5.42. The van der Waals surface area contributed by atoms with Crippen molar-refractivity contribution in [2.45, 2.75) is 13.5 Å². The van der Waals surface area contributed by atoms with Gasteiger partial charge in [-0.2, -0.15) is 4.98 Å². The molecule has 0 unspecified atom stereocenters. The van der Waals surface area contributed by atoms with Crippen LogP contribution >= 0.6 is 0 Å². The number of aromatic nitrogens is 3. The van der Waals surface area contributed by atoms with Gasteiger partial charge in [0.2, 0.25) is 5.95 Å². The summed E-state index contributed by atoms with van der Waals surface area (Å²) in [6.07, 6.45) is 1.86. The van der Waals surface area contributed by atoms with E-state index in [1.54, 1.807) is 0 Å². The molecule has 0 radical (unpaired) electrons. The Morgan fingerprint density at radius 1 is 1.04 bits per heavy atom. The highest BCUT2D eigenvalue weighted by molar-refractivity contribution is 5.44. The summed E-state index contributed by atoms with van der Waals surface area (Å²) >= 11 is 0. The molecule has 0 bridgehead atoms. The van der Waals surface area contributed by atoms with Gasteiger partial charge in [0.05, 0.1) is 18.9 Å². The van der Waals surface area contributed by atoms with Gasteiger partial charge in [-0.25, -0.2) is 4.98 Å². The average molecular weight is 344 g/mol. The molecule has 134 valence electrons. The quantitative estimate of drug-likeness (QED) is 0.811. The van der Waals surface area contributed by atoms with Crippen molar-refractivity contribution < 1.29 is 9.26 Å². The van der Waals surface area contributed by atoms with Crippen LogP contribution in [-0.2, 0) is 11.3 Å². The third-order valence-electron chi connectivity index (χ3n) is 4.68. The zero-order valence-electron chi connectivity index (χ0n) is 14.6. The fraction of sp³-hybridized carbons (Fsp3) is 0.588. The molecule has 0 amide bonds. The maximum Gasteiger partial charge on any atom is 0.227 e. The normalized spacial score (nSPS) is 19.4. The molecule has 8 heteroatoms. The van der Waals surface area contributed by atoms with E-state index in [9.17, 15) is 0 Å². The van der Waals surface area contributed by atoms with Crippen LogP contribution in [0.4, 0.5) is 11.8 Å². The first-order chi connectivity index (χ1) is 12.3. The van der Waals surface area contributed by atoms with Gasteiger partial charge in [-0.05, 0) is 13.0 Å². The molecule has 2 aliphatic rings. The van der Waals surface area contributed by atoms with Gasteiger partial charge in [-0.3, -0.25) is 4.90 Å². The second kappa shape index (κ2) is 7.37. The second-order valence-electron chi connectivity index (χ2n) is 6.51. The number of hydrogen-bond donors (Lipinski definition) is 0. The summed E-state index contributed by atoms with van der Waals surface area (Å²) in [6, 6.07) is 3.99. The molecular formula is C17H24N6O2. The van der Waals surface area contributed by atoms with Crippen molar-refractivity contribution in [1.82, 2.24) is 20.0 Å². The summed E-state index contributed by atoms with van der Waals surface area (Å²) in [5, 5.41) is 4.08. The molecule has 0 aromatic carbocycles. The Bertz CT molecular complexity index is 692. The van der Waals surface area contributed by atoms with Crippen molar-refractivity contribution in [2.75, 3.05) is 62.3 Å². The minimum absolute atomic E-state index is 0.763. The summed E-state index contributed by atoms with van der Waals surface area (Å²) < 4.78 is 10.6. The minimum atomic E-state index is 0.763. The second-order valence-corrected chi connectivity index (χ2v) is 6.51. The van der Waals surface area contributed by atoms with E-state index < -0.39 is 0 Å². The lowest BCUT2D eigenvalue weighted by Crippen LogP contribution is -2.46. The van der Waals surface area contributed by atoms with E-state index in [0.29, 0.717) is 0 Å². The lowest BCUT2D eigenvalue weighted by molar-refractivity contribution is 0.122. The van der Waals surface area contributed by atoms with Crippen molar-refractivity contribution in [2.24, 2.45) is 0 Å². The van der Waals surface area contributed by atoms with E-state index in [4.69, 9.17) is 14.2 Å². The molecule has 2 saturated heterocycles. The summed E-state index contributed by atoms with van der Waals surface area (Å²) in [4.78, 5) is 16.2. The number of anilines is 2. The van der Waals surface area contributed by atoms with E-state index in [1.807, 2.05) is 25.3 Å². The molecule has 25 heavy (non-hydrogen) atoms. The number of aryl methyl sites for hydroxylation is 1. The first-order valence-corrected chi connectivity index (χ1v) is 8.83. The number of morpholine rings is 1. The lowest BCUT2D eigenvalue weighted by Gasteiger charge is -2.35. The van der Waals surface area contributed by atoms with Crippen LogP contribution < -0.4 is 9.80 Å². The van der Waals surface area contributed by atoms with Crippen molar-refractivity contribution in [3.05, 3.63) is 29.8 Å². The Morgan fingerprint density at radius 2 is 1.84 bits per heavy atom. The smallest absolute Gasteiger partial charge is 0.227 e. The number of ether oxygens (including phenoxy) is 1. The fourth-order valence-electron chi connectivity index (χ4n) is 3.29. The molecule has 2 aromatic heterocycles. The Balaban J connectivity index is 1.35. The maximum atomic E-state index is 5.42. The Hall–Kier alpha value is -2.19. The van der Waals surface area contributed by atoms with Gasteiger partial charge in [0, 0.05) is 58.1 Å². The average Bonchev–Trinajstić information content (AvgIpc) is 3.08. The van der Waals surface area contributed by atoms with Gasteiger partial charge in [-0.15, -0.1) is 0 Å². The molecule has 0 saturated carbocycles. The van der Waals surface area contributed by atoms with Gasteiger partial charge in [0.1, 0.15) is 11.6 Å². The predicted octanol–water partition coefficient (Wildman–Crippen LogP) is 0.932. The lowest BCUT2D eigenvalue weighted by atomic mass is 10.3. The minimum Gasteiger partial charge on any atom is -0.378 e. The molecular weight excluding hydrogens is 320 g/mol. The Morgan fingerprint density at radius 3 is 2.56 bits per heavy atom. The molecule has 0 spiro atoms. The third kappa shape index (κ3) is 3.91. The number of rotatable bonds is 4. The monoisotopic (exact) mass is 344 g/mol. The standard InChI is InChI=1S/C17H24N6O2/c1-14-12-15(20-25-14)13-21-4-6-23(7-5-21)17-18-3-2-16(19-17)22-8-10-24-11-9-22/h2-3,12H,4-11,13H2,1H3. The highest BCUT2D eigenvalue weighted by atomic mass is 16.5. The molecule has 4 heterocycles. The molecule has 0 atom stereocenters. The number of nitrogens with zero attached hydrogens (tertiary/aromatic N) is 6. The van der Waals surface area contributed by atoms with Gasteiger partial charge >= 0.3 is 0 Å². The summed E-state index contributed by atoms with van der Waals surface area (Å²) in [5.74, 6) is 2.68. The van der Waals surface area contributed by atoms with Crippen molar-refractivity contribution in [3.8, 4) is 0 Å². The molecule has 2 aliphatic heterocycles. The third-order valence-corrected chi connectivity index (χ3v) is 4.68. The van der Waals surface area contributed by atoms with Crippen LogP contribution in [0.3, 0.4) is 0 Å². The largest absolute Gasteiger partial charge is 0.378 e. The van der Waals surface area contributed by atoms with Gasteiger partial charge < -0.3 is 19.1 Å². The Kier molecular flexibility index (Phi) is 4.80. The first kappa shape index (κ1) is 16.3. The van der Waals surface area contributed by atoms with E-state index >= 15 is 0 Å². The molecule has 0 N–H and O–H groups in total. The van der Waals surface area contributed by atoms with Crippen LogP contribution in [0.5, 0.6) is 0 Å². The number of hydrogen-bond acceptors (Lipinski definition) is 8. The zero-order chi connectivity index (χ0) is 17.1. The molecule has 4 rings (SSSR count). The van der Waals surface area contributed by atoms with Crippen LogP contribution in [-0.4, -0.2) is 72.5 Å². The van der Waals surface area contributed by atoms with E-state index in [0.717, 1.165) is 82.2 Å². The van der Waals surface area contributed by atoms with Crippen LogP contribution in [0, 0.1) is 6.92 Å². The van der Waals surface area contributed by atoms with Gasteiger partial charge in [-0.1, -0.05) is 5.16 Å². The summed E-state index contributed by atoms with van der Waals surface area (Å²) in [6.45, 7) is 9.84. The van der Waals surface area contributed by atoms with E-state index in [1.165, 1.54) is 0 Å². The Labute approximate surface area is 147 Å². The van der Waals surface area contributed by atoms with Crippen LogP contribution in [0.2, 0.25) is 0 Å². The highest BCUT2D eigenvalue weighted by Gasteiger charge is 2.21. The van der Waals surface area contributed by atoms with Gasteiger partial charge in [0.25, 0.3) is 0 Å². The van der Waals surface area contributed by atoms with Crippen LogP contribution in [0.25, 0.3) is 0 Å². The van der Waals surface area contributed by atoms with Gasteiger partial charge in [0.15, 0.2) is 0 Å². The molecule has 2 fully saturated rings. The zero-order valence-corrected chi connectivity index (χ0v) is 14.6. The number of piperazine rings is 1. The van der Waals surface area contributed by atoms with E-state index in [2.05, 4.69) is 24.8 Å². The first-order valence-electron chi connectivity index (χ1n) is 8.83. The van der Waals surface area contributed by atoms with E-state index in [-0.39, 0.29) is 0 Å².